The number of hydrogen-bond acceptors (Lipinski definition) is 4. The molecule has 5 heteroatoms. The van der Waals surface area contributed by atoms with Gasteiger partial charge in [-0.05, 0) is 29.8 Å². The van der Waals surface area contributed by atoms with Crippen molar-refractivity contribution in [2.24, 2.45) is 0 Å². The first-order valence-corrected chi connectivity index (χ1v) is 9.53. The van der Waals surface area contributed by atoms with Crippen LogP contribution in [0.15, 0.2) is 59.1 Å². The van der Waals surface area contributed by atoms with Crippen LogP contribution in [0.25, 0.3) is 0 Å². The third-order valence-corrected chi connectivity index (χ3v) is 4.97. The number of benzene rings is 2. The maximum atomic E-state index is 10.2. The summed E-state index contributed by atoms with van der Waals surface area (Å²) in [6.07, 6.45) is -0.468. The first-order chi connectivity index (χ1) is 12.2. The molecule has 2 aromatic carbocycles. The first kappa shape index (κ1) is 18.4. The minimum atomic E-state index is -0.468. The lowest BCUT2D eigenvalue weighted by molar-refractivity contribution is 0.0446. The Morgan fingerprint density at radius 2 is 1.56 bits per heavy atom. The number of nitrogens with zero attached hydrogens (tertiary/aromatic N) is 2. The van der Waals surface area contributed by atoms with Gasteiger partial charge in [-0.1, -0.05) is 46.3 Å². The molecule has 0 bridgehead atoms. The highest BCUT2D eigenvalue weighted by Crippen LogP contribution is 2.16. The van der Waals surface area contributed by atoms with E-state index in [2.05, 4.69) is 56.1 Å². The van der Waals surface area contributed by atoms with Crippen molar-refractivity contribution in [3.05, 3.63) is 64.6 Å². The molecule has 4 nitrogen and oxygen atoms in total. The summed E-state index contributed by atoms with van der Waals surface area (Å²) in [5, 5.41) is 10.2. The molecule has 1 saturated heterocycles. The Kier molecular flexibility index (Phi) is 6.87. The van der Waals surface area contributed by atoms with Gasteiger partial charge >= 0.3 is 0 Å². The van der Waals surface area contributed by atoms with Crippen LogP contribution in [0.4, 0.5) is 0 Å². The van der Waals surface area contributed by atoms with E-state index in [0.717, 1.165) is 42.9 Å². The van der Waals surface area contributed by atoms with E-state index >= 15 is 0 Å². The van der Waals surface area contributed by atoms with Crippen molar-refractivity contribution < 1.29 is 9.84 Å². The number of aliphatic hydroxyl groups excluding tert-OH is 1. The Morgan fingerprint density at radius 3 is 2.24 bits per heavy atom. The number of piperazine rings is 1. The molecule has 134 valence electrons. The number of β-amino-alcohol motifs (C(OH)–C–C–N with tert-alkyl or cyclic N) is 1. The highest BCUT2D eigenvalue weighted by atomic mass is 79.9. The molecule has 2 aromatic rings. The lowest BCUT2D eigenvalue weighted by Gasteiger charge is -2.35. The van der Waals surface area contributed by atoms with Gasteiger partial charge in [-0.2, -0.15) is 0 Å². The van der Waals surface area contributed by atoms with Crippen molar-refractivity contribution in [3.8, 4) is 5.75 Å². The molecule has 1 N–H and O–H groups in total. The molecule has 0 spiro atoms. The zero-order valence-corrected chi connectivity index (χ0v) is 15.9. The third kappa shape index (κ3) is 6.12. The van der Waals surface area contributed by atoms with Gasteiger partial charge in [0.15, 0.2) is 0 Å². The van der Waals surface area contributed by atoms with Crippen LogP contribution < -0.4 is 4.74 Å². The van der Waals surface area contributed by atoms with Crippen LogP contribution in [0.2, 0.25) is 0 Å². The van der Waals surface area contributed by atoms with Crippen molar-refractivity contribution >= 4 is 15.9 Å². The van der Waals surface area contributed by atoms with Gasteiger partial charge < -0.3 is 9.84 Å². The third-order valence-electron chi connectivity index (χ3n) is 4.44. The minimum Gasteiger partial charge on any atom is -0.491 e. The second kappa shape index (κ2) is 9.34. The van der Waals surface area contributed by atoms with Crippen molar-refractivity contribution in [1.82, 2.24) is 9.80 Å². The highest BCUT2D eigenvalue weighted by molar-refractivity contribution is 9.10. The van der Waals surface area contributed by atoms with Gasteiger partial charge in [-0.3, -0.25) is 9.80 Å². The summed E-state index contributed by atoms with van der Waals surface area (Å²) < 4.78 is 6.68. The summed E-state index contributed by atoms with van der Waals surface area (Å²) in [4.78, 5) is 4.79. The molecule has 0 aliphatic carbocycles. The number of aliphatic hydroxyl groups is 1. The van der Waals surface area contributed by atoms with Crippen LogP contribution >= 0.6 is 15.9 Å². The summed E-state index contributed by atoms with van der Waals surface area (Å²) in [5.74, 6) is 0.787. The standard InChI is InChI=1S/C20H25BrN2O2/c21-18-6-8-20(9-7-18)25-16-19(24)15-23-12-10-22(11-13-23)14-17-4-2-1-3-5-17/h1-9,19,24H,10-16H2. The Balaban J connectivity index is 1.36. The normalized spacial score (nSPS) is 17.4. The van der Waals surface area contributed by atoms with Gasteiger partial charge in [-0.15, -0.1) is 0 Å². The fourth-order valence-corrected chi connectivity index (χ4v) is 3.31. The average Bonchev–Trinajstić information content (AvgIpc) is 2.64. The van der Waals surface area contributed by atoms with E-state index in [9.17, 15) is 5.11 Å². The van der Waals surface area contributed by atoms with Gasteiger partial charge in [0.05, 0.1) is 0 Å². The lowest BCUT2D eigenvalue weighted by atomic mass is 10.2. The molecule has 25 heavy (non-hydrogen) atoms. The van der Waals surface area contributed by atoms with Crippen molar-refractivity contribution in [1.29, 1.82) is 0 Å². The minimum absolute atomic E-state index is 0.325. The Hall–Kier alpha value is -1.40. The predicted molar refractivity (Wildman–Crippen MR) is 104 cm³/mol. The largest absolute Gasteiger partial charge is 0.491 e. The van der Waals surface area contributed by atoms with Crippen molar-refractivity contribution in [3.63, 3.8) is 0 Å². The van der Waals surface area contributed by atoms with Crippen LogP contribution in [-0.2, 0) is 6.54 Å². The zero-order valence-electron chi connectivity index (χ0n) is 14.4. The predicted octanol–water partition coefficient (Wildman–Crippen LogP) is 3.01. The van der Waals surface area contributed by atoms with Crippen LogP contribution in [0.1, 0.15) is 5.56 Å². The molecule has 0 amide bonds. The Labute approximate surface area is 158 Å². The average molecular weight is 405 g/mol. The van der Waals surface area contributed by atoms with Gasteiger partial charge in [0.1, 0.15) is 18.5 Å². The monoisotopic (exact) mass is 404 g/mol. The molecule has 0 aromatic heterocycles. The smallest absolute Gasteiger partial charge is 0.119 e. The Morgan fingerprint density at radius 1 is 0.920 bits per heavy atom. The van der Waals surface area contributed by atoms with Crippen LogP contribution in [0, 0.1) is 0 Å². The number of rotatable bonds is 7. The topological polar surface area (TPSA) is 35.9 Å². The van der Waals surface area contributed by atoms with Gasteiger partial charge in [-0.25, -0.2) is 0 Å². The molecule has 1 aliphatic heterocycles. The summed E-state index contributed by atoms with van der Waals surface area (Å²) in [5.41, 5.74) is 1.36. The highest BCUT2D eigenvalue weighted by Gasteiger charge is 2.19. The van der Waals surface area contributed by atoms with Crippen LogP contribution in [0.5, 0.6) is 5.75 Å². The number of halogens is 1. The molecule has 1 heterocycles. The molecule has 1 aliphatic rings. The van der Waals surface area contributed by atoms with Gasteiger partial charge in [0.2, 0.25) is 0 Å². The number of ether oxygens (including phenoxy) is 1. The van der Waals surface area contributed by atoms with E-state index in [1.165, 1.54) is 5.56 Å². The second-order valence-corrected chi connectivity index (χ2v) is 7.40. The van der Waals surface area contributed by atoms with E-state index < -0.39 is 6.10 Å². The van der Waals surface area contributed by atoms with E-state index in [4.69, 9.17) is 4.74 Å². The lowest BCUT2D eigenvalue weighted by Crippen LogP contribution is -2.48. The maximum absolute atomic E-state index is 10.2. The summed E-state index contributed by atoms with van der Waals surface area (Å²) in [6, 6.07) is 18.3. The summed E-state index contributed by atoms with van der Waals surface area (Å²) >= 11 is 3.40. The molecule has 1 atom stereocenters. The van der Waals surface area contributed by atoms with Crippen molar-refractivity contribution in [2.75, 3.05) is 39.3 Å². The van der Waals surface area contributed by atoms with E-state index in [-0.39, 0.29) is 0 Å². The Bertz CT molecular complexity index is 628. The molecule has 0 saturated carbocycles. The second-order valence-electron chi connectivity index (χ2n) is 6.48. The fourth-order valence-electron chi connectivity index (χ4n) is 3.05. The number of hydrogen-bond donors (Lipinski definition) is 1. The van der Waals surface area contributed by atoms with Gasteiger partial charge in [0.25, 0.3) is 0 Å². The fraction of sp³-hybridized carbons (Fsp3) is 0.400. The molecule has 1 unspecified atom stereocenters. The van der Waals surface area contributed by atoms with Crippen LogP contribution in [0.3, 0.4) is 0 Å². The molecular weight excluding hydrogens is 380 g/mol. The molecular formula is C20H25BrN2O2. The van der Waals surface area contributed by atoms with Crippen LogP contribution in [-0.4, -0.2) is 60.3 Å². The molecule has 0 radical (unpaired) electrons. The maximum Gasteiger partial charge on any atom is 0.119 e. The quantitative estimate of drug-likeness (QED) is 0.769. The molecule has 1 fully saturated rings. The summed E-state index contributed by atoms with van der Waals surface area (Å²) in [6.45, 7) is 6.04. The van der Waals surface area contributed by atoms with E-state index in [1.807, 2.05) is 24.3 Å². The summed E-state index contributed by atoms with van der Waals surface area (Å²) in [7, 11) is 0. The van der Waals surface area contributed by atoms with E-state index in [0.29, 0.717) is 13.2 Å². The van der Waals surface area contributed by atoms with Crippen molar-refractivity contribution in [2.45, 2.75) is 12.6 Å². The SMILES string of the molecule is OC(COc1ccc(Br)cc1)CN1CCN(Cc2ccccc2)CC1. The van der Waals surface area contributed by atoms with E-state index in [1.54, 1.807) is 0 Å². The zero-order chi connectivity index (χ0) is 17.5. The first-order valence-electron chi connectivity index (χ1n) is 8.74. The van der Waals surface area contributed by atoms with Gasteiger partial charge in [0, 0.05) is 43.7 Å². The molecule has 3 rings (SSSR count).